The number of rotatable bonds is 10. The van der Waals surface area contributed by atoms with Crippen LogP contribution in [0.25, 0.3) is 77.9 Å². The number of para-hydroxylation sites is 1. The largest absolute Gasteiger partial charge is 0.459 e. The summed E-state index contributed by atoms with van der Waals surface area (Å²) in [4.78, 5) is 6.38. The Morgan fingerprint density at radius 1 is 0.278 bits per heavy atom. The highest BCUT2D eigenvalue weighted by Gasteiger charge is 2.52. The Morgan fingerprint density at radius 3 is 1.18 bits per heavy atom. The molecular weight excluding hydrogens is 1300 g/mol. The molecule has 0 aliphatic carbocycles. The second-order valence-corrected chi connectivity index (χ2v) is 31.7. The van der Waals surface area contributed by atoms with E-state index in [1.165, 1.54) is 0 Å². The van der Waals surface area contributed by atoms with Gasteiger partial charge in [0.25, 0.3) is 13.4 Å². The van der Waals surface area contributed by atoms with Gasteiger partial charge in [-0.3, -0.25) is 0 Å². The van der Waals surface area contributed by atoms with Gasteiger partial charge < -0.3 is 19.4 Å². The van der Waals surface area contributed by atoms with E-state index in [9.17, 15) is 16.4 Å². The van der Waals surface area contributed by atoms with Crippen molar-refractivity contribution in [2.24, 2.45) is 0 Å². The van der Waals surface area contributed by atoms with Gasteiger partial charge in [-0.05, 0) is 194 Å². The zero-order valence-electron chi connectivity index (χ0n) is 74.7. The molecule has 0 unspecified atom stereocenters. The summed E-state index contributed by atoms with van der Waals surface area (Å²) in [6, 6.07) is 81.6. The van der Waals surface area contributed by atoms with Crippen LogP contribution in [0.3, 0.4) is 0 Å². The van der Waals surface area contributed by atoms with E-state index in [1.54, 1.807) is 0 Å². The molecule has 0 saturated heterocycles. The highest BCUT2D eigenvalue weighted by molar-refractivity contribution is 7.03. The molecule has 108 heavy (non-hydrogen) atoms. The monoisotopic (exact) mass is 1400 g/mol. The molecule has 4 aliphatic heterocycles. The van der Waals surface area contributed by atoms with Gasteiger partial charge in [0.1, 0.15) is 11.5 Å². The summed E-state index contributed by atoms with van der Waals surface area (Å²) in [7, 11) is 0. The van der Waals surface area contributed by atoms with Crippen molar-refractivity contribution in [1.82, 2.24) is 0 Å². The van der Waals surface area contributed by atoms with E-state index in [1.807, 2.05) is 140 Å². The number of ether oxygens (including phenoxy) is 1. The molecule has 4 nitrogen and oxygen atoms in total. The lowest BCUT2D eigenvalue weighted by Gasteiger charge is -2.49. The third-order valence-corrected chi connectivity index (χ3v) is 21.9. The predicted octanol–water partition coefficient (Wildman–Crippen LogP) is 23.7. The van der Waals surface area contributed by atoms with Gasteiger partial charge in [-0.1, -0.05) is 329 Å². The van der Waals surface area contributed by atoms with Crippen molar-refractivity contribution in [1.29, 1.82) is 0 Å². The van der Waals surface area contributed by atoms with E-state index in [0.29, 0.717) is 56.2 Å². The van der Waals surface area contributed by atoms with Crippen LogP contribution in [-0.2, 0) is 16.2 Å². The molecular formula is C102H83B2N3O. The first-order valence-corrected chi connectivity index (χ1v) is 37.1. The second-order valence-electron chi connectivity index (χ2n) is 31.7. The Bertz CT molecular complexity index is 6690. The summed E-state index contributed by atoms with van der Waals surface area (Å²) >= 11 is 0. The van der Waals surface area contributed by atoms with Crippen molar-refractivity contribution >= 4 is 97.4 Å². The summed E-state index contributed by atoms with van der Waals surface area (Å²) in [5, 5.41) is 0. The first-order valence-electron chi connectivity index (χ1n) is 43.6. The summed E-state index contributed by atoms with van der Waals surface area (Å²) < 4.78 is 142. The summed E-state index contributed by atoms with van der Waals surface area (Å²) in [5.74, 6) is -0.0422. The van der Waals surface area contributed by atoms with E-state index in [2.05, 4.69) is 198 Å². The molecule has 15 aromatic rings. The van der Waals surface area contributed by atoms with Gasteiger partial charge >= 0.3 is 0 Å². The number of hydrogen-bond acceptors (Lipinski definition) is 4. The Kier molecular flexibility index (Phi) is 12.7. The van der Waals surface area contributed by atoms with Gasteiger partial charge in [-0.15, -0.1) is 0 Å². The molecule has 0 fully saturated rings. The Labute approximate surface area is 655 Å². The lowest BCUT2D eigenvalue weighted by Crippen LogP contribution is -2.65. The SMILES string of the molecule is [2H]c1c([2H])c([2H])c(-c2c([2H])c([2H])c3c(c2[2H])N(c2c(-c4ccccc4)cc(C(C)(C)C)cc2-c2ccccc2)c2cc(C(C)(C)C)cc4c2B3c2c3c5c(c([2H])c2N4c2c(-c4ccccc4)cc(C(C)(C)C)cc2-c2ccccc2)N(c2ccc(-c4ccccc4)cc2)c2ccc(-c4ccccc4)cc2B5c2c([2H])c([2H])c([2H])c([2H])c2O3)c([2H])c1[2H]. The van der Waals surface area contributed by atoms with Crippen molar-refractivity contribution in [3.05, 3.63) is 356 Å². The molecule has 0 saturated carbocycles. The molecule has 6 heteroatoms. The van der Waals surface area contributed by atoms with Crippen molar-refractivity contribution in [3.63, 3.8) is 0 Å². The lowest BCUT2D eigenvalue weighted by atomic mass is 9.30. The minimum absolute atomic E-state index is 0.0400. The van der Waals surface area contributed by atoms with Crippen LogP contribution in [-0.4, -0.2) is 13.4 Å². The number of fused-ring (bicyclic) bond motifs is 9. The van der Waals surface area contributed by atoms with Crippen LogP contribution in [0.5, 0.6) is 11.5 Å². The average molecular weight is 1400 g/mol. The van der Waals surface area contributed by atoms with E-state index in [0.717, 1.165) is 83.5 Å². The minimum Gasteiger partial charge on any atom is -0.459 e. The molecule has 0 amide bonds. The fraction of sp³-hybridized carbons (Fsp3) is 0.118. The maximum absolute atomic E-state index is 12.4. The number of benzene rings is 15. The van der Waals surface area contributed by atoms with E-state index in [4.69, 9.17) is 6.11 Å². The third-order valence-electron chi connectivity index (χ3n) is 21.9. The number of hydrogen-bond donors (Lipinski definition) is 0. The van der Waals surface area contributed by atoms with Gasteiger partial charge in [0.2, 0.25) is 0 Å². The van der Waals surface area contributed by atoms with Crippen LogP contribution in [0.4, 0.5) is 51.2 Å². The van der Waals surface area contributed by atoms with Crippen molar-refractivity contribution in [2.45, 2.75) is 78.6 Å². The van der Waals surface area contributed by atoms with Crippen molar-refractivity contribution in [2.75, 3.05) is 14.7 Å². The standard InChI is InChI=1S/C102H83B2N3O/c1-100(2,3)76-59-80(70-39-23-13-24-40-70)97(81(60-76)71-41-25-14-26-42-71)106-88-58-75(68-37-21-12-22-38-68)51-55-84(88)104-94-89(106)63-78(102(7,8)9)64-90(94)107(98-82(72-43-27-15-28-44-72)61-77(101(4,5)6)62-83(98)73-45-29-16-30-46-73)92-65-91-95-99(96(92)104)108-93-48-32-31-47-85(93)103(95)86-57-74(67-35-19-11-20-36-67)52-56-87(86)105(91)79-53-49-69(50-54-79)66-33-17-10-18-34-66/h10-65H,1-9H3/i12D,21D,22D,31D,32D,37D,38D,47D,48D,51D,55D,58D,65D. The van der Waals surface area contributed by atoms with Crippen molar-refractivity contribution in [3.8, 4) is 89.4 Å². The van der Waals surface area contributed by atoms with E-state index < -0.39 is 102 Å². The van der Waals surface area contributed by atoms with Gasteiger partial charge in [0.15, 0.2) is 0 Å². The Balaban J connectivity index is 1.09. The topological polar surface area (TPSA) is 19.0 Å². The van der Waals surface area contributed by atoms with Crippen LogP contribution in [0, 0.1) is 0 Å². The van der Waals surface area contributed by atoms with Gasteiger partial charge in [0.05, 0.1) is 29.2 Å². The smallest absolute Gasteiger partial charge is 0.256 e. The molecule has 19 rings (SSSR count). The van der Waals surface area contributed by atoms with Crippen LogP contribution < -0.4 is 52.2 Å². The number of nitrogens with zero attached hydrogens (tertiary/aromatic N) is 3. The average Bonchev–Trinajstić information content (AvgIpc) is 0.660. The van der Waals surface area contributed by atoms with Gasteiger partial charge in [-0.2, -0.15) is 0 Å². The van der Waals surface area contributed by atoms with Gasteiger partial charge in [-0.25, -0.2) is 0 Å². The van der Waals surface area contributed by atoms with Gasteiger partial charge in [0, 0.05) is 62.1 Å². The summed E-state index contributed by atoms with van der Waals surface area (Å²) in [6.45, 7) is 17.1. The fourth-order valence-corrected chi connectivity index (χ4v) is 16.5. The molecule has 4 heterocycles. The normalized spacial score (nSPS) is 14.9. The molecule has 0 N–H and O–H groups in total. The lowest BCUT2D eigenvalue weighted by molar-refractivity contribution is 0.491. The highest BCUT2D eigenvalue weighted by atomic mass is 16.5. The Hall–Kier alpha value is -12.4. The number of anilines is 9. The predicted molar refractivity (Wildman–Crippen MR) is 460 cm³/mol. The third kappa shape index (κ3) is 11.1. The molecule has 4 aliphatic rings. The summed E-state index contributed by atoms with van der Waals surface area (Å²) in [5.41, 5.74) is 16.5. The van der Waals surface area contributed by atoms with Crippen LogP contribution in [0.15, 0.2) is 339 Å². The van der Waals surface area contributed by atoms with E-state index >= 15 is 0 Å². The second kappa shape index (κ2) is 25.7. The van der Waals surface area contributed by atoms with Crippen molar-refractivity contribution < 1.29 is 22.6 Å². The molecule has 15 aromatic carbocycles. The molecule has 518 valence electrons. The highest BCUT2D eigenvalue weighted by Crippen LogP contribution is 2.57. The van der Waals surface area contributed by atoms with Crippen LogP contribution >= 0.6 is 0 Å². The van der Waals surface area contributed by atoms with Crippen LogP contribution in [0.2, 0.25) is 0 Å². The van der Waals surface area contributed by atoms with E-state index in [-0.39, 0.29) is 56.9 Å². The molecule has 0 bridgehead atoms. The maximum Gasteiger partial charge on any atom is 0.256 e. The summed E-state index contributed by atoms with van der Waals surface area (Å²) in [6.07, 6.45) is 0. The quantitative estimate of drug-likeness (QED) is 0.127. The maximum atomic E-state index is 12.4. The zero-order valence-corrected chi connectivity index (χ0v) is 61.7. The minimum atomic E-state index is -1.38. The molecule has 0 aromatic heterocycles. The molecule has 0 atom stereocenters. The molecule has 0 radical (unpaired) electrons. The first-order chi connectivity index (χ1) is 57.9. The Morgan fingerprint density at radius 2 is 0.685 bits per heavy atom. The first kappa shape index (κ1) is 53.4. The molecule has 0 spiro atoms. The fourth-order valence-electron chi connectivity index (χ4n) is 16.5. The zero-order chi connectivity index (χ0) is 84.6. The van der Waals surface area contributed by atoms with Crippen LogP contribution in [0.1, 0.15) is 96.8 Å².